The highest BCUT2D eigenvalue weighted by Crippen LogP contribution is 2.16. The molecule has 3 heterocycles. The molecule has 1 aromatic rings. The molecule has 2 aliphatic heterocycles. The molecule has 0 spiro atoms. The summed E-state index contributed by atoms with van der Waals surface area (Å²) in [5.74, 6) is 2.81. The Bertz CT molecular complexity index is 453. The van der Waals surface area contributed by atoms with Crippen LogP contribution in [0.5, 0.6) is 0 Å². The molecule has 6 nitrogen and oxygen atoms in total. The Morgan fingerprint density at radius 2 is 2.00 bits per heavy atom. The number of morpholine rings is 1. The Hall–Kier alpha value is -1.34. The monoisotopic (exact) mass is 294 g/mol. The van der Waals surface area contributed by atoms with E-state index < -0.39 is 6.10 Å². The van der Waals surface area contributed by atoms with Crippen molar-refractivity contribution in [2.24, 2.45) is 0 Å². The minimum atomic E-state index is -0.393. The fraction of sp³-hybridized carbons (Fsp3) is 0.615. The van der Waals surface area contributed by atoms with Gasteiger partial charge in [-0.3, -0.25) is 4.79 Å². The first-order valence-corrected chi connectivity index (χ1v) is 8.00. The predicted molar refractivity (Wildman–Crippen MR) is 77.9 cm³/mol. The van der Waals surface area contributed by atoms with Gasteiger partial charge in [0.05, 0.1) is 13.2 Å². The van der Waals surface area contributed by atoms with Crippen LogP contribution in [-0.4, -0.2) is 71.2 Å². The maximum absolute atomic E-state index is 12.5. The second-order valence-corrected chi connectivity index (χ2v) is 6.02. The van der Waals surface area contributed by atoms with Crippen LogP contribution >= 0.6 is 11.8 Å². The van der Waals surface area contributed by atoms with E-state index >= 15 is 0 Å². The molecule has 0 aliphatic carbocycles. The van der Waals surface area contributed by atoms with Gasteiger partial charge >= 0.3 is 0 Å². The van der Waals surface area contributed by atoms with E-state index in [0.717, 1.165) is 31.1 Å². The maximum Gasteiger partial charge on any atom is 0.253 e. The zero-order valence-corrected chi connectivity index (χ0v) is 12.1. The summed E-state index contributed by atoms with van der Waals surface area (Å²) in [6, 6.07) is 1.79. The highest BCUT2D eigenvalue weighted by atomic mass is 32.2. The van der Waals surface area contributed by atoms with Gasteiger partial charge in [-0.05, 0) is 6.07 Å². The Labute approximate surface area is 122 Å². The maximum atomic E-state index is 12.5. The van der Waals surface area contributed by atoms with Gasteiger partial charge in [0.15, 0.2) is 6.10 Å². The molecule has 0 N–H and O–H groups in total. The lowest BCUT2D eigenvalue weighted by Crippen LogP contribution is -2.53. The van der Waals surface area contributed by atoms with Gasteiger partial charge in [0, 0.05) is 43.5 Å². The second-order valence-electron chi connectivity index (χ2n) is 4.79. The third kappa shape index (κ3) is 3.04. The number of nitrogens with zero attached hydrogens (tertiary/aromatic N) is 4. The molecule has 2 aliphatic rings. The van der Waals surface area contributed by atoms with Gasteiger partial charge in [0.1, 0.15) is 0 Å². The van der Waals surface area contributed by atoms with Crippen LogP contribution in [0, 0.1) is 0 Å². The molecule has 2 saturated heterocycles. The fourth-order valence-electron chi connectivity index (χ4n) is 2.42. The molecule has 3 rings (SSSR count). The summed E-state index contributed by atoms with van der Waals surface area (Å²) in [4.78, 5) is 24.9. The van der Waals surface area contributed by atoms with Gasteiger partial charge in [-0.25, -0.2) is 9.97 Å². The zero-order chi connectivity index (χ0) is 13.8. The number of anilines is 1. The average molecular weight is 294 g/mol. The molecule has 20 heavy (non-hydrogen) atoms. The van der Waals surface area contributed by atoms with E-state index in [1.165, 1.54) is 0 Å². The molecule has 7 heteroatoms. The van der Waals surface area contributed by atoms with E-state index in [9.17, 15) is 4.79 Å². The van der Waals surface area contributed by atoms with Gasteiger partial charge in [0.25, 0.3) is 5.91 Å². The lowest BCUT2D eigenvalue weighted by molar-refractivity contribution is -0.144. The van der Waals surface area contributed by atoms with Crippen molar-refractivity contribution in [1.82, 2.24) is 14.9 Å². The Morgan fingerprint density at radius 1 is 1.25 bits per heavy atom. The van der Waals surface area contributed by atoms with Gasteiger partial charge in [-0.2, -0.15) is 11.8 Å². The van der Waals surface area contributed by atoms with Crippen molar-refractivity contribution in [2.45, 2.75) is 6.10 Å². The minimum absolute atomic E-state index is 0.103. The normalized spacial score (nSPS) is 23.7. The smallest absolute Gasteiger partial charge is 0.253 e. The van der Waals surface area contributed by atoms with Crippen molar-refractivity contribution in [3.63, 3.8) is 0 Å². The predicted octanol–water partition coefficient (Wildman–Crippen LogP) is 0.257. The SMILES string of the molecule is O=C(C1CN(c2ncccn2)CCO1)N1CCSCC1. The van der Waals surface area contributed by atoms with Gasteiger partial charge in [-0.15, -0.1) is 0 Å². The van der Waals surface area contributed by atoms with Crippen molar-refractivity contribution in [3.05, 3.63) is 18.5 Å². The number of carbonyl (C=O) groups excluding carboxylic acids is 1. The molecule has 1 atom stereocenters. The summed E-state index contributed by atoms with van der Waals surface area (Å²) in [7, 11) is 0. The van der Waals surface area contributed by atoms with E-state index in [2.05, 4.69) is 9.97 Å². The summed E-state index contributed by atoms with van der Waals surface area (Å²) < 4.78 is 5.65. The number of hydrogen-bond donors (Lipinski definition) is 0. The standard InChI is InChI=1S/C13H18N4O2S/c18-12(16-5-8-20-9-6-16)11-10-17(4-7-19-11)13-14-2-1-3-15-13/h1-3,11H,4-10H2. The van der Waals surface area contributed by atoms with Crippen LogP contribution in [-0.2, 0) is 9.53 Å². The third-order valence-corrected chi connectivity index (χ3v) is 4.44. The number of ether oxygens (including phenoxy) is 1. The average Bonchev–Trinajstić information content (AvgIpc) is 2.56. The molecule has 2 fully saturated rings. The Kier molecular flexibility index (Phi) is 4.37. The highest BCUT2D eigenvalue weighted by Gasteiger charge is 2.31. The van der Waals surface area contributed by atoms with Crippen LogP contribution in [0.25, 0.3) is 0 Å². The zero-order valence-electron chi connectivity index (χ0n) is 11.3. The molecule has 0 radical (unpaired) electrons. The van der Waals surface area contributed by atoms with Crippen LogP contribution in [0.3, 0.4) is 0 Å². The number of rotatable bonds is 2. The molecule has 1 amide bonds. The molecule has 1 unspecified atom stereocenters. The van der Waals surface area contributed by atoms with Gasteiger partial charge in [0.2, 0.25) is 5.95 Å². The lowest BCUT2D eigenvalue weighted by atomic mass is 10.2. The first-order valence-electron chi connectivity index (χ1n) is 6.85. The van der Waals surface area contributed by atoms with Gasteiger partial charge < -0.3 is 14.5 Å². The van der Waals surface area contributed by atoms with E-state index in [-0.39, 0.29) is 5.91 Å². The van der Waals surface area contributed by atoms with E-state index in [4.69, 9.17) is 4.74 Å². The Morgan fingerprint density at radius 3 is 2.75 bits per heavy atom. The molecular formula is C13H18N4O2S. The van der Waals surface area contributed by atoms with Crippen LogP contribution in [0.2, 0.25) is 0 Å². The van der Waals surface area contributed by atoms with E-state index in [0.29, 0.717) is 19.1 Å². The van der Waals surface area contributed by atoms with E-state index in [1.807, 2.05) is 21.6 Å². The molecule has 0 aromatic carbocycles. The summed E-state index contributed by atoms with van der Waals surface area (Å²) in [6.45, 7) is 3.45. The van der Waals surface area contributed by atoms with Crippen molar-refractivity contribution < 1.29 is 9.53 Å². The van der Waals surface area contributed by atoms with Crippen LogP contribution in [0.1, 0.15) is 0 Å². The highest BCUT2D eigenvalue weighted by molar-refractivity contribution is 7.99. The van der Waals surface area contributed by atoms with Crippen LogP contribution in [0.4, 0.5) is 5.95 Å². The number of carbonyl (C=O) groups is 1. The lowest BCUT2D eigenvalue weighted by Gasteiger charge is -2.36. The Balaban J connectivity index is 1.64. The largest absolute Gasteiger partial charge is 0.365 e. The summed E-state index contributed by atoms with van der Waals surface area (Å²) in [5, 5.41) is 0. The van der Waals surface area contributed by atoms with Gasteiger partial charge in [-0.1, -0.05) is 0 Å². The summed E-state index contributed by atoms with van der Waals surface area (Å²) in [5.41, 5.74) is 0. The number of hydrogen-bond acceptors (Lipinski definition) is 6. The second kappa shape index (κ2) is 6.41. The first kappa shape index (κ1) is 13.6. The fourth-order valence-corrected chi connectivity index (χ4v) is 3.33. The van der Waals surface area contributed by atoms with Crippen LogP contribution in [0.15, 0.2) is 18.5 Å². The van der Waals surface area contributed by atoms with Crippen molar-refractivity contribution in [1.29, 1.82) is 0 Å². The summed E-state index contributed by atoms with van der Waals surface area (Å²) >= 11 is 1.90. The molecule has 0 saturated carbocycles. The first-order chi connectivity index (χ1) is 9.84. The molecular weight excluding hydrogens is 276 g/mol. The molecule has 108 valence electrons. The van der Waals surface area contributed by atoms with Crippen LogP contribution < -0.4 is 4.90 Å². The summed E-state index contributed by atoms with van der Waals surface area (Å²) in [6.07, 6.45) is 3.04. The minimum Gasteiger partial charge on any atom is -0.365 e. The van der Waals surface area contributed by atoms with Crippen molar-refractivity contribution in [3.8, 4) is 0 Å². The van der Waals surface area contributed by atoms with E-state index in [1.54, 1.807) is 18.5 Å². The molecule has 0 bridgehead atoms. The molecule has 1 aromatic heterocycles. The number of aromatic nitrogens is 2. The van der Waals surface area contributed by atoms with Crippen molar-refractivity contribution >= 4 is 23.6 Å². The topological polar surface area (TPSA) is 58.6 Å². The van der Waals surface area contributed by atoms with Crippen molar-refractivity contribution in [2.75, 3.05) is 49.2 Å². The quantitative estimate of drug-likeness (QED) is 0.780. The number of amides is 1. The third-order valence-electron chi connectivity index (χ3n) is 3.50. The number of thioether (sulfide) groups is 1.